The Balaban J connectivity index is 1.35. The van der Waals surface area contributed by atoms with Crippen molar-refractivity contribution in [3.8, 4) is 11.5 Å². The molecule has 3 aromatic rings. The molecule has 4 aliphatic rings. The summed E-state index contributed by atoms with van der Waals surface area (Å²) in [7, 11) is 2.27. The molecule has 1 aliphatic heterocycles. The third-order valence-corrected chi connectivity index (χ3v) is 11.8. The van der Waals surface area contributed by atoms with E-state index in [1.165, 1.54) is 20.1 Å². The molecule has 57 heavy (non-hydrogen) atoms. The Hall–Kier alpha value is -4.91. The molecule has 0 bridgehead atoms. The third-order valence-electron chi connectivity index (χ3n) is 11.6. The van der Waals surface area contributed by atoms with Crippen LogP contribution in [0.1, 0.15) is 87.4 Å². The summed E-state index contributed by atoms with van der Waals surface area (Å²) in [6, 6.07) is 8.78. The lowest BCUT2D eigenvalue weighted by atomic mass is 9.56. The number of amides is 1. The summed E-state index contributed by atoms with van der Waals surface area (Å²) < 4.78 is 16.7. The van der Waals surface area contributed by atoms with Crippen LogP contribution in [0.25, 0.3) is 0 Å². The first-order chi connectivity index (χ1) is 27.0. The number of halogens is 1. The number of fused-ring (bicyclic) bond motifs is 5. The predicted molar refractivity (Wildman–Crippen MR) is 198 cm³/mol. The summed E-state index contributed by atoms with van der Waals surface area (Å²) in [6.45, 7) is 2.42. The number of ketones is 4. The van der Waals surface area contributed by atoms with Crippen LogP contribution < -0.4 is 5.32 Å². The first-order valence-electron chi connectivity index (χ1n) is 17.9. The molecular weight excluding hydrogens is 768 g/mol. The highest BCUT2D eigenvalue weighted by atomic mass is 35.5. The Kier molecular flexibility index (Phi) is 10.2. The van der Waals surface area contributed by atoms with Crippen molar-refractivity contribution in [3.63, 3.8) is 0 Å². The quantitative estimate of drug-likeness (QED) is 0.179. The zero-order valence-electron chi connectivity index (χ0n) is 31.0. The van der Waals surface area contributed by atoms with Crippen LogP contribution in [0.2, 0.25) is 5.02 Å². The molecular formula is C40H39ClN2O14. The van der Waals surface area contributed by atoms with Gasteiger partial charge in [-0.15, -0.1) is 0 Å². The number of carbonyl (C=O) groups is 5. The number of phenols is 2. The molecule has 1 fully saturated rings. The monoisotopic (exact) mass is 806 g/mol. The minimum Gasteiger partial charge on any atom is -0.507 e. The number of nitrogens with one attached hydrogen (secondary N) is 1. The molecule has 1 amide bonds. The van der Waals surface area contributed by atoms with Crippen molar-refractivity contribution in [2.75, 3.05) is 20.8 Å². The standard InChI is InChI=1S/C40H39ClN2O14/c1-15-9-18-10-25(46)40(56-4)36(52)28-21(35(51)39(40,54)29(18)33(50)26(15)37(53)42-13-17-5-7-19(41)8-6-17)11-20-27(32(28)49)24(45)12-23(30(20)47)43-38-22(14-44)31(48)34(55-3)16(2)57-38/h5-9,11,16,22,25,31,34,38,44,46,48-50,54H,10,12-14H2,1-4H3,(H,42,53)/t16-,22+,25+,31-,34-,38?,39-,40+/m0/s1. The zero-order valence-corrected chi connectivity index (χ0v) is 31.8. The number of aryl methyl sites for hydroxylation is 1. The van der Waals surface area contributed by atoms with Crippen LogP contribution in [0.15, 0.2) is 41.4 Å². The Morgan fingerprint density at radius 1 is 1.02 bits per heavy atom. The fourth-order valence-corrected chi connectivity index (χ4v) is 8.87. The molecule has 7 N–H and O–H groups in total. The van der Waals surface area contributed by atoms with E-state index < -0.39 is 141 Å². The second-order valence-electron chi connectivity index (χ2n) is 14.6. The number of methoxy groups -OCH3 is 2. The van der Waals surface area contributed by atoms with Crippen molar-refractivity contribution < 1.29 is 68.8 Å². The number of aliphatic imine (C=N–C) groups is 1. The van der Waals surface area contributed by atoms with Crippen LogP contribution in [0.3, 0.4) is 0 Å². The number of aliphatic hydroxyl groups is 4. The smallest absolute Gasteiger partial charge is 0.255 e. The first kappa shape index (κ1) is 40.3. The molecule has 0 aromatic heterocycles. The van der Waals surface area contributed by atoms with Crippen molar-refractivity contribution in [2.45, 2.75) is 75.1 Å². The van der Waals surface area contributed by atoms with Gasteiger partial charge >= 0.3 is 0 Å². The van der Waals surface area contributed by atoms with Crippen molar-refractivity contribution in [1.29, 1.82) is 0 Å². The fourth-order valence-electron chi connectivity index (χ4n) is 8.74. The maximum absolute atomic E-state index is 14.8. The van der Waals surface area contributed by atoms with Crippen molar-refractivity contribution in [2.24, 2.45) is 10.9 Å². The van der Waals surface area contributed by atoms with E-state index >= 15 is 0 Å². The maximum atomic E-state index is 14.8. The minimum atomic E-state index is -3.27. The summed E-state index contributed by atoms with van der Waals surface area (Å²) in [5.41, 5.74) is -9.51. The van der Waals surface area contributed by atoms with E-state index in [1.807, 2.05) is 0 Å². The Morgan fingerprint density at radius 2 is 1.70 bits per heavy atom. The van der Waals surface area contributed by atoms with Gasteiger partial charge in [-0.3, -0.25) is 29.0 Å². The second kappa shape index (κ2) is 14.5. The molecule has 300 valence electrons. The molecule has 7 rings (SSSR count). The summed E-state index contributed by atoms with van der Waals surface area (Å²) in [4.78, 5) is 75.1. The van der Waals surface area contributed by atoms with E-state index in [0.717, 1.165) is 13.2 Å². The van der Waals surface area contributed by atoms with E-state index in [0.29, 0.717) is 10.6 Å². The molecule has 3 aliphatic carbocycles. The number of Topliss-reactive ketones (excluding diaryl/α,β-unsaturated/α-hetero) is 4. The highest BCUT2D eigenvalue weighted by Gasteiger charge is 2.72. The van der Waals surface area contributed by atoms with Crippen LogP contribution in [-0.4, -0.2) is 122 Å². The molecule has 0 radical (unpaired) electrons. The lowest BCUT2D eigenvalue weighted by molar-refractivity contribution is -0.206. The molecule has 1 heterocycles. The normalized spacial score (nSPS) is 30.1. The van der Waals surface area contributed by atoms with Crippen molar-refractivity contribution in [1.82, 2.24) is 5.32 Å². The molecule has 16 nitrogen and oxygen atoms in total. The number of benzene rings is 3. The Bertz CT molecular complexity index is 2290. The van der Waals surface area contributed by atoms with Gasteiger partial charge in [-0.2, -0.15) is 0 Å². The third kappa shape index (κ3) is 5.77. The molecule has 17 heteroatoms. The Labute approximate surface area is 329 Å². The number of hydrogen-bond acceptors (Lipinski definition) is 15. The van der Waals surface area contributed by atoms with Crippen LogP contribution >= 0.6 is 11.6 Å². The zero-order chi connectivity index (χ0) is 41.5. The summed E-state index contributed by atoms with van der Waals surface area (Å²) in [6.07, 6.45) is -7.35. The molecule has 1 saturated heterocycles. The lowest BCUT2D eigenvalue weighted by Gasteiger charge is -2.53. The van der Waals surface area contributed by atoms with Crippen LogP contribution in [0.5, 0.6) is 11.5 Å². The average molecular weight is 807 g/mol. The van der Waals surface area contributed by atoms with Gasteiger partial charge in [0, 0.05) is 48.9 Å². The van der Waals surface area contributed by atoms with E-state index in [9.17, 15) is 54.6 Å². The second-order valence-corrected chi connectivity index (χ2v) is 15.1. The molecule has 0 saturated carbocycles. The molecule has 8 atom stereocenters. The summed E-state index contributed by atoms with van der Waals surface area (Å²) in [5.74, 6) is -8.49. The van der Waals surface area contributed by atoms with Crippen molar-refractivity contribution in [3.05, 3.63) is 91.5 Å². The fraction of sp³-hybridized carbons (Fsp3) is 0.400. The number of rotatable bonds is 7. The van der Waals surface area contributed by atoms with Gasteiger partial charge in [0.05, 0.1) is 59.7 Å². The van der Waals surface area contributed by atoms with Gasteiger partial charge in [-0.05, 0) is 48.7 Å². The maximum Gasteiger partial charge on any atom is 0.255 e. The van der Waals surface area contributed by atoms with Gasteiger partial charge in [-0.25, -0.2) is 0 Å². The number of phenolic OH excluding ortho intramolecular Hbond substituents is 2. The van der Waals surface area contributed by atoms with Crippen LogP contribution in [-0.2, 0) is 32.8 Å². The number of aliphatic hydroxyl groups excluding tert-OH is 3. The van der Waals surface area contributed by atoms with Crippen molar-refractivity contribution >= 4 is 46.4 Å². The van der Waals surface area contributed by atoms with E-state index in [1.54, 1.807) is 31.2 Å². The van der Waals surface area contributed by atoms with E-state index in [-0.39, 0.29) is 23.2 Å². The van der Waals surface area contributed by atoms with E-state index in [4.69, 9.17) is 25.8 Å². The predicted octanol–water partition coefficient (Wildman–Crippen LogP) is 1.50. The Morgan fingerprint density at radius 3 is 2.33 bits per heavy atom. The number of carbonyl (C=O) groups excluding carboxylic acids is 5. The van der Waals surface area contributed by atoms with Gasteiger partial charge in [0.15, 0.2) is 23.2 Å². The van der Waals surface area contributed by atoms with Crippen LogP contribution in [0.4, 0.5) is 0 Å². The summed E-state index contributed by atoms with van der Waals surface area (Å²) >= 11 is 5.96. The molecule has 0 spiro atoms. The highest BCUT2D eigenvalue weighted by Crippen LogP contribution is 2.56. The largest absolute Gasteiger partial charge is 0.507 e. The first-order valence-corrected chi connectivity index (χ1v) is 18.3. The van der Waals surface area contributed by atoms with Gasteiger partial charge in [0.25, 0.3) is 5.91 Å². The number of hydrogen-bond donors (Lipinski definition) is 7. The van der Waals surface area contributed by atoms with Gasteiger partial charge in [0.1, 0.15) is 17.6 Å². The van der Waals surface area contributed by atoms with E-state index in [2.05, 4.69) is 10.3 Å². The van der Waals surface area contributed by atoms with Gasteiger partial charge < -0.3 is 50.2 Å². The highest BCUT2D eigenvalue weighted by molar-refractivity contribution is 6.53. The number of nitrogens with zero attached hydrogens (tertiary/aromatic N) is 1. The van der Waals surface area contributed by atoms with Gasteiger partial charge in [-0.1, -0.05) is 29.8 Å². The van der Waals surface area contributed by atoms with Crippen LogP contribution in [0, 0.1) is 12.8 Å². The molecule has 1 unspecified atom stereocenters. The summed E-state index contributed by atoms with van der Waals surface area (Å²) in [5, 5.41) is 71.7. The van der Waals surface area contributed by atoms with Gasteiger partial charge in [0.2, 0.25) is 17.3 Å². The minimum absolute atomic E-state index is 0.00701. The molecule has 3 aromatic carbocycles. The lowest BCUT2D eigenvalue weighted by Crippen LogP contribution is -2.73. The topological polar surface area (TPSA) is 259 Å². The average Bonchev–Trinajstić information content (AvgIpc) is 3.15. The SMILES string of the molecule is CO[C@@H]1[C@@H](O)[C@@H](CO)C(N=C2CC(=O)c3c(cc4c(c3O)C(=O)[C@]3(OC)[C@H](O)Cc5cc(C)c(C(=O)NCc6ccc(Cl)cc6)c(O)c5[C@]3(O)C4=O)C2=O)O[C@H]1C. The number of aromatic hydroxyl groups is 2. The number of ether oxygens (including phenoxy) is 3.